The molecular weight excluding hydrogens is 381 g/mol. The summed E-state index contributed by atoms with van der Waals surface area (Å²) < 4.78 is 51.1. The van der Waals surface area contributed by atoms with Crippen molar-refractivity contribution in [3.63, 3.8) is 0 Å². The van der Waals surface area contributed by atoms with Crippen molar-refractivity contribution in [1.29, 1.82) is 0 Å². The number of nitrogens with one attached hydrogen (secondary N) is 1. The lowest BCUT2D eigenvalue weighted by Gasteiger charge is -2.39. The molecule has 2 heterocycles. The normalized spacial score (nSPS) is 15.1. The zero-order valence-electron chi connectivity index (χ0n) is 15.4. The molecule has 1 aromatic carbocycles. The highest BCUT2D eigenvalue weighted by molar-refractivity contribution is 5.69. The molecule has 3 rings (SSSR count). The number of alkyl halides is 3. The molecule has 0 spiro atoms. The van der Waals surface area contributed by atoms with Crippen LogP contribution in [0.15, 0.2) is 28.7 Å². The minimum Gasteiger partial charge on any atom is -0.444 e. The van der Waals surface area contributed by atoms with Gasteiger partial charge in [-0.1, -0.05) is 5.10 Å². The minimum absolute atomic E-state index is 0.0663. The Bertz CT molecular complexity index is 824. The average molecular weight is 400 g/mol. The third kappa shape index (κ3) is 5.27. The van der Waals surface area contributed by atoms with Gasteiger partial charge in [-0.3, -0.25) is 0 Å². The summed E-state index contributed by atoms with van der Waals surface area (Å²) in [7, 11) is 0. The molecular formula is C17H19F3N4O4. The lowest BCUT2D eigenvalue weighted by Crippen LogP contribution is -2.57. The number of nitrogens with zero attached hydrogens (tertiary/aromatic N) is 3. The number of benzene rings is 1. The molecule has 28 heavy (non-hydrogen) atoms. The molecule has 0 radical (unpaired) electrons. The number of carbonyl (C=O) groups excluding carboxylic acids is 1. The van der Waals surface area contributed by atoms with E-state index in [2.05, 4.69) is 20.3 Å². The van der Waals surface area contributed by atoms with Crippen LogP contribution >= 0.6 is 0 Å². The van der Waals surface area contributed by atoms with Crippen LogP contribution in [0.1, 0.15) is 20.8 Å². The average Bonchev–Trinajstić information content (AvgIpc) is 2.96. The summed E-state index contributed by atoms with van der Waals surface area (Å²) in [6, 6.07) is 5.16. The van der Waals surface area contributed by atoms with Gasteiger partial charge in [-0.25, -0.2) is 4.79 Å². The molecule has 1 fully saturated rings. The van der Waals surface area contributed by atoms with E-state index in [1.807, 2.05) is 0 Å². The van der Waals surface area contributed by atoms with E-state index in [0.717, 1.165) is 12.1 Å². The first-order valence-corrected chi connectivity index (χ1v) is 8.43. The molecule has 8 nitrogen and oxygen atoms in total. The van der Waals surface area contributed by atoms with Crippen molar-refractivity contribution < 1.29 is 31.9 Å². The molecule has 11 heteroatoms. The van der Waals surface area contributed by atoms with Crippen molar-refractivity contribution in [2.45, 2.75) is 38.8 Å². The van der Waals surface area contributed by atoms with Crippen molar-refractivity contribution in [2.24, 2.45) is 0 Å². The van der Waals surface area contributed by atoms with Crippen LogP contribution in [0.4, 0.5) is 24.0 Å². The fourth-order valence-corrected chi connectivity index (χ4v) is 2.42. The maximum absolute atomic E-state index is 12.2. The molecule has 1 aliphatic heterocycles. The van der Waals surface area contributed by atoms with Gasteiger partial charge in [0.25, 0.3) is 0 Å². The van der Waals surface area contributed by atoms with Crippen LogP contribution in [0.25, 0.3) is 11.5 Å². The standard InChI is InChI=1S/C17H19F3N4O4/c1-16(2,3)28-15(25)24-8-11(9-24)21-14-23-22-13(26-14)10-4-6-12(7-5-10)27-17(18,19)20/h4-7,11H,8-9H2,1-3H3,(H,21,23). The monoisotopic (exact) mass is 400 g/mol. The molecule has 1 aliphatic rings. The van der Waals surface area contributed by atoms with Crippen LogP contribution in [0, 0.1) is 0 Å². The number of hydrogen-bond acceptors (Lipinski definition) is 7. The molecule has 1 aromatic heterocycles. The van der Waals surface area contributed by atoms with Crippen LogP contribution in [-0.4, -0.2) is 52.3 Å². The molecule has 2 aromatic rings. The Morgan fingerprint density at radius 2 is 1.82 bits per heavy atom. The van der Waals surface area contributed by atoms with Crippen molar-refractivity contribution in [2.75, 3.05) is 18.4 Å². The van der Waals surface area contributed by atoms with Gasteiger partial charge in [-0.2, -0.15) is 0 Å². The number of rotatable bonds is 4. The van der Waals surface area contributed by atoms with Crippen LogP contribution in [0.2, 0.25) is 0 Å². The minimum atomic E-state index is -4.75. The van der Waals surface area contributed by atoms with Gasteiger partial charge in [0.15, 0.2) is 0 Å². The summed E-state index contributed by atoms with van der Waals surface area (Å²) in [6.45, 7) is 6.23. The van der Waals surface area contributed by atoms with Crippen LogP contribution in [0.5, 0.6) is 5.75 Å². The largest absolute Gasteiger partial charge is 0.573 e. The van der Waals surface area contributed by atoms with Crippen molar-refractivity contribution in [3.05, 3.63) is 24.3 Å². The first kappa shape index (κ1) is 19.8. The Kier molecular flexibility index (Phi) is 5.09. The van der Waals surface area contributed by atoms with Gasteiger partial charge in [0.1, 0.15) is 11.4 Å². The molecule has 1 amide bonds. The van der Waals surface area contributed by atoms with Gasteiger partial charge in [0.05, 0.1) is 6.04 Å². The number of ether oxygens (including phenoxy) is 2. The fraction of sp³-hybridized carbons (Fsp3) is 0.471. The Morgan fingerprint density at radius 1 is 1.18 bits per heavy atom. The maximum Gasteiger partial charge on any atom is 0.573 e. The molecule has 0 bridgehead atoms. The molecule has 0 atom stereocenters. The van der Waals surface area contributed by atoms with E-state index >= 15 is 0 Å². The summed E-state index contributed by atoms with van der Waals surface area (Å²) in [5, 5.41) is 10.7. The molecule has 0 saturated carbocycles. The number of anilines is 1. The Labute approximate surface area is 158 Å². The quantitative estimate of drug-likeness (QED) is 0.838. The predicted molar refractivity (Wildman–Crippen MR) is 91.6 cm³/mol. The second kappa shape index (κ2) is 7.21. The highest BCUT2D eigenvalue weighted by Gasteiger charge is 2.34. The van der Waals surface area contributed by atoms with Crippen molar-refractivity contribution >= 4 is 12.1 Å². The summed E-state index contributed by atoms with van der Waals surface area (Å²) in [5.74, 6) is -0.199. The first-order valence-electron chi connectivity index (χ1n) is 8.43. The topological polar surface area (TPSA) is 89.7 Å². The third-order valence-corrected chi connectivity index (χ3v) is 3.62. The summed E-state index contributed by atoms with van der Waals surface area (Å²) in [4.78, 5) is 13.4. The number of likely N-dealkylation sites (tertiary alicyclic amines) is 1. The zero-order valence-corrected chi connectivity index (χ0v) is 15.4. The maximum atomic E-state index is 12.2. The van der Waals surface area contributed by atoms with Gasteiger partial charge >= 0.3 is 18.5 Å². The summed E-state index contributed by atoms with van der Waals surface area (Å²) in [5.41, 5.74) is -0.114. The molecule has 0 unspecified atom stereocenters. The van der Waals surface area contributed by atoms with E-state index in [1.54, 1.807) is 25.7 Å². The lowest BCUT2D eigenvalue weighted by atomic mass is 10.1. The van der Waals surface area contributed by atoms with Crippen LogP contribution < -0.4 is 10.1 Å². The Balaban J connectivity index is 1.52. The number of hydrogen-bond donors (Lipinski definition) is 1. The predicted octanol–water partition coefficient (Wildman–Crippen LogP) is 3.67. The van der Waals surface area contributed by atoms with Crippen molar-refractivity contribution in [1.82, 2.24) is 15.1 Å². The van der Waals surface area contributed by atoms with Gasteiger partial charge in [0.2, 0.25) is 5.89 Å². The first-order chi connectivity index (χ1) is 13.0. The number of carbonyl (C=O) groups is 1. The molecule has 1 N–H and O–H groups in total. The van der Waals surface area contributed by atoms with Gasteiger partial charge in [0, 0.05) is 18.7 Å². The number of aromatic nitrogens is 2. The summed E-state index contributed by atoms with van der Waals surface area (Å²) in [6.07, 6.45) is -5.14. The lowest BCUT2D eigenvalue weighted by molar-refractivity contribution is -0.274. The van der Waals surface area contributed by atoms with Crippen LogP contribution in [-0.2, 0) is 4.74 Å². The Hall–Kier alpha value is -2.98. The van der Waals surface area contributed by atoms with E-state index < -0.39 is 18.1 Å². The molecule has 152 valence electrons. The van der Waals surface area contributed by atoms with Gasteiger partial charge in [-0.05, 0) is 45.0 Å². The van der Waals surface area contributed by atoms with Gasteiger partial charge in [-0.15, -0.1) is 18.3 Å². The van der Waals surface area contributed by atoms with Gasteiger partial charge < -0.3 is 24.1 Å². The highest BCUT2D eigenvalue weighted by atomic mass is 19.4. The summed E-state index contributed by atoms with van der Waals surface area (Å²) >= 11 is 0. The SMILES string of the molecule is CC(C)(C)OC(=O)N1CC(Nc2nnc(-c3ccc(OC(F)(F)F)cc3)o2)C1. The van der Waals surface area contributed by atoms with E-state index in [0.29, 0.717) is 18.7 Å². The number of halogens is 3. The fourth-order valence-electron chi connectivity index (χ4n) is 2.42. The molecule has 1 saturated heterocycles. The second-order valence-corrected chi connectivity index (χ2v) is 7.21. The third-order valence-electron chi connectivity index (χ3n) is 3.62. The number of amides is 1. The zero-order chi connectivity index (χ0) is 20.5. The van der Waals surface area contributed by atoms with Crippen molar-refractivity contribution in [3.8, 4) is 17.2 Å². The van der Waals surface area contributed by atoms with Crippen LogP contribution in [0.3, 0.4) is 0 Å². The van der Waals surface area contributed by atoms with E-state index in [-0.39, 0.29) is 23.7 Å². The van der Waals surface area contributed by atoms with E-state index in [4.69, 9.17) is 9.15 Å². The Morgan fingerprint density at radius 3 is 2.39 bits per heavy atom. The molecule has 0 aliphatic carbocycles. The second-order valence-electron chi connectivity index (χ2n) is 7.21. The van der Waals surface area contributed by atoms with E-state index in [1.165, 1.54) is 12.1 Å². The van der Waals surface area contributed by atoms with E-state index in [9.17, 15) is 18.0 Å². The highest BCUT2D eigenvalue weighted by Crippen LogP contribution is 2.27. The smallest absolute Gasteiger partial charge is 0.444 e.